The van der Waals surface area contributed by atoms with Gasteiger partial charge in [-0.3, -0.25) is 4.79 Å². The van der Waals surface area contributed by atoms with Crippen molar-refractivity contribution in [3.63, 3.8) is 0 Å². The van der Waals surface area contributed by atoms with Gasteiger partial charge in [-0.25, -0.2) is 0 Å². The summed E-state index contributed by atoms with van der Waals surface area (Å²) in [5.41, 5.74) is 2.89. The molecule has 0 spiro atoms. The number of hydrogen-bond donors (Lipinski definition) is 0. The van der Waals surface area contributed by atoms with Gasteiger partial charge in [-0.2, -0.15) is 0 Å². The van der Waals surface area contributed by atoms with E-state index >= 15 is 0 Å². The Labute approximate surface area is 154 Å². The molecule has 3 aromatic heterocycles. The fraction of sp³-hybridized carbons (Fsp3) is 0.471. The van der Waals surface area contributed by atoms with E-state index in [1.165, 1.54) is 11.5 Å². The minimum absolute atomic E-state index is 0.0359. The zero-order valence-corrected chi connectivity index (χ0v) is 15.7. The third-order valence-electron chi connectivity index (χ3n) is 4.71. The molecule has 0 saturated carbocycles. The summed E-state index contributed by atoms with van der Waals surface area (Å²) in [5.74, 6) is 1.32. The average Bonchev–Trinajstić information content (AvgIpc) is 3.35. The molecule has 1 amide bonds. The number of likely N-dealkylation sites (tertiary alicyclic amines) is 1. The van der Waals surface area contributed by atoms with Crippen molar-refractivity contribution < 1.29 is 13.8 Å². The highest BCUT2D eigenvalue weighted by Crippen LogP contribution is 2.36. The van der Waals surface area contributed by atoms with Crippen molar-refractivity contribution in [3.05, 3.63) is 34.5 Å². The molecule has 1 saturated heterocycles. The van der Waals surface area contributed by atoms with Gasteiger partial charge in [-0.05, 0) is 45.1 Å². The van der Waals surface area contributed by atoms with Crippen LogP contribution >= 0.6 is 11.5 Å². The molecule has 4 heterocycles. The number of carbonyl (C=O) groups is 1. The van der Waals surface area contributed by atoms with Crippen molar-refractivity contribution in [3.8, 4) is 10.6 Å². The molecule has 136 valence electrons. The topological polar surface area (TPSA) is 98.2 Å². The van der Waals surface area contributed by atoms with E-state index in [2.05, 4.69) is 19.9 Å². The Balaban J connectivity index is 1.59. The predicted molar refractivity (Wildman–Crippen MR) is 94.0 cm³/mol. The SMILES string of the molecule is Cc1cc(-c2snnc2C2CCCN(C(=O)c3c(C)noc3C)C2)on1. The Kier molecular flexibility index (Phi) is 4.31. The maximum absolute atomic E-state index is 12.9. The van der Waals surface area contributed by atoms with E-state index in [-0.39, 0.29) is 11.8 Å². The Morgan fingerprint density at radius 2 is 2.12 bits per heavy atom. The Bertz CT molecular complexity index is 925. The molecule has 8 nitrogen and oxygen atoms in total. The second-order valence-electron chi connectivity index (χ2n) is 6.61. The third-order valence-corrected chi connectivity index (χ3v) is 5.46. The molecule has 0 bridgehead atoms. The summed E-state index contributed by atoms with van der Waals surface area (Å²) in [6.45, 7) is 6.75. The first-order valence-electron chi connectivity index (χ1n) is 8.52. The number of nitrogens with zero attached hydrogens (tertiary/aromatic N) is 5. The molecular formula is C17H19N5O3S. The summed E-state index contributed by atoms with van der Waals surface area (Å²) in [5, 5.41) is 12.2. The van der Waals surface area contributed by atoms with Gasteiger partial charge in [0.2, 0.25) is 0 Å². The van der Waals surface area contributed by atoms with Crippen LogP contribution in [0.4, 0.5) is 0 Å². The van der Waals surface area contributed by atoms with E-state index in [1.807, 2.05) is 17.9 Å². The molecule has 1 fully saturated rings. The van der Waals surface area contributed by atoms with Crippen LogP contribution in [0.5, 0.6) is 0 Å². The van der Waals surface area contributed by atoms with E-state index in [9.17, 15) is 4.79 Å². The van der Waals surface area contributed by atoms with Gasteiger partial charge in [-0.1, -0.05) is 14.8 Å². The van der Waals surface area contributed by atoms with Crippen LogP contribution in [0.1, 0.15) is 52.0 Å². The number of carbonyl (C=O) groups excluding carboxylic acids is 1. The van der Waals surface area contributed by atoms with Gasteiger partial charge in [0.25, 0.3) is 5.91 Å². The summed E-state index contributed by atoms with van der Waals surface area (Å²) in [6, 6.07) is 1.88. The first kappa shape index (κ1) is 16.9. The Morgan fingerprint density at radius 1 is 1.27 bits per heavy atom. The van der Waals surface area contributed by atoms with Crippen LogP contribution in [0.15, 0.2) is 15.1 Å². The molecule has 3 aromatic rings. The van der Waals surface area contributed by atoms with E-state index in [1.54, 1.807) is 13.8 Å². The fourth-order valence-corrected chi connectivity index (χ4v) is 4.14. The van der Waals surface area contributed by atoms with Crippen LogP contribution in [-0.2, 0) is 0 Å². The lowest BCUT2D eigenvalue weighted by Gasteiger charge is -2.32. The van der Waals surface area contributed by atoms with Crippen LogP contribution in [-0.4, -0.2) is 43.8 Å². The number of aryl methyl sites for hydroxylation is 3. The molecule has 0 radical (unpaired) electrons. The number of hydrogen-bond acceptors (Lipinski definition) is 8. The summed E-state index contributed by atoms with van der Waals surface area (Å²) >= 11 is 1.30. The van der Waals surface area contributed by atoms with Gasteiger partial charge < -0.3 is 13.9 Å². The lowest BCUT2D eigenvalue weighted by atomic mass is 9.93. The normalized spacial score (nSPS) is 17.7. The van der Waals surface area contributed by atoms with Gasteiger partial charge in [-0.15, -0.1) is 5.10 Å². The van der Waals surface area contributed by atoms with E-state index in [4.69, 9.17) is 9.05 Å². The molecular weight excluding hydrogens is 354 g/mol. The van der Waals surface area contributed by atoms with Crippen molar-refractivity contribution in [2.75, 3.05) is 13.1 Å². The second kappa shape index (κ2) is 6.64. The van der Waals surface area contributed by atoms with E-state index < -0.39 is 0 Å². The minimum Gasteiger partial charge on any atom is -0.361 e. The first-order chi connectivity index (χ1) is 12.5. The predicted octanol–water partition coefficient (Wildman–Crippen LogP) is 3.13. The standard InChI is InChI=1S/C17H19N5O3S/c1-9-7-13(25-19-9)16-15(18-21-26-16)12-5-4-6-22(8-12)17(23)14-10(2)20-24-11(14)3/h7,12H,4-6,8H2,1-3H3. The van der Waals surface area contributed by atoms with E-state index in [0.29, 0.717) is 35.9 Å². The molecule has 0 aliphatic carbocycles. The van der Waals surface area contributed by atoms with Gasteiger partial charge >= 0.3 is 0 Å². The molecule has 26 heavy (non-hydrogen) atoms. The highest BCUT2D eigenvalue weighted by atomic mass is 32.1. The zero-order chi connectivity index (χ0) is 18.3. The van der Waals surface area contributed by atoms with Gasteiger partial charge in [0, 0.05) is 25.1 Å². The summed E-state index contributed by atoms with van der Waals surface area (Å²) in [6.07, 6.45) is 1.86. The van der Waals surface area contributed by atoms with Crippen LogP contribution in [0, 0.1) is 20.8 Å². The van der Waals surface area contributed by atoms with Crippen molar-refractivity contribution >= 4 is 17.4 Å². The van der Waals surface area contributed by atoms with Crippen molar-refractivity contribution in [2.45, 2.75) is 39.5 Å². The highest BCUT2D eigenvalue weighted by Gasteiger charge is 2.32. The minimum atomic E-state index is -0.0359. The van der Waals surface area contributed by atoms with Crippen molar-refractivity contribution in [2.24, 2.45) is 0 Å². The molecule has 1 aliphatic rings. The molecule has 9 heteroatoms. The lowest BCUT2D eigenvalue weighted by molar-refractivity contribution is 0.0703. The number of rotatable bonds is 3. The van der Waals surface area contributed by atoms with Gasteiger partial charge in [0.05, 0.1) is 17.1 Å². The lowest BCUT2D eigenvalue weighted by Crippen LogP contribution is -2.39. The van der Waals surface area contributed by atoms with Crippen LogP contribution < -0.4 is 0 Å². The third kappa shape index (κ3) is 2.92. The van der Waals surface area contributed by atoms with Crippen LogP contribution in [0.25, 0.3) is 10.6 Å². The maximum Gasteiger partial charge on any atom is 0.259 e. The largest absolute Gasteiger partial charge is 0.361 e. The van der Waals surface area contributed by atoms with Crippen molar-refractivity contribution in [1.29, 1.82) is 0 Å². The summed E-state index contributed by atoms with van der Waals surface area (Å²) < 4.78 is 14.6. The smallest absolute Gasteiger partial charge is 0.259 e. The highest BCUT2D eigenvalue weighted by molar-refractivity contribution is 7.09. The molecule has 1 aliphatic heterocycles. The number of piperidine rings is 1. The Morgan fingerprint density at radius 3 is 2.81 bits per heavy atom. The maximum atomic E-state index is 12.9. The Hall–Kier alpha value is -2.55. The number of aromatic nitrogens is 4. The zero-order valence-electron chi connectivity index (χ0n) is 14.9. The fourth-order valence-electron chi connectivity index (χ4n) is 3.44. The average molecular weight is 373 g/mol. The quantitative estimate of drug-likeness (QED) is 0.695. The van der Waals surface area contributed by atoms with E-state index in [0.717, 1.165) is 29.1 Å². The molecule has 1 unspecified atom stereocenters. The van der Waals surface area contributed by atoms with Crippen LogP contribution in [0.2, 0.25) is 0 Å². The molecule has 0 N–H and O–H groups in total. The van der Waals surface area contributed by atoms with Gasteiger partial charge in [0.15, 0.2) is 5.76 Å². The second-order valence-corrected chi connectivity index (χ2v) is 7.36. The van der Waals surface area contributed by atoms with Gasteiger partial charge in [0.1, 0.15) is 16.2 Å². The molecule has 1 atom stereocenters. The number of amides is 1. The summed E-state index contributed by atoms with van der Waals surface area (Å²) in [7, 11) is 0. The van der Waals surface area contributed by atoms with Crippen molar-refractivity contribution in [1.82, 2.24) is 24.8 Å². The molecule has 0 aromatic carbocycles. The van der Waals surface area contributed by atoms with Crippen LogP contribution in [0.3, 0.4) is 0 Å². The first-order valence-corrected chi connectivity index (χ1v) is 9.30. The monoisotopic (exact) mass is 373 g/mol. The molecule has 4 rings (SSSR count). The summed E-state index contributed by atoms with van der Waals surface area (Å²) in [4.78, 5) is 15.7.